The molecule has 1 unspecified atom stereocenters. The molecule has 0 radical (unpaired) electrons. The molecule has 4 heteroatoms. The number of amides is 2. The zero-order valence-corrected chi connectivity index (χ0v) is 13.6. The minimum atomic E-state index is -0.0995. The van der Waals surface area contributed by atoms with Crippen LogP contribution in [0.2, 0.25) is 0 Å². The molecule has 2 rings (SSSR count). The van der Waals surface area contributed by atoms with E-state index in [2.05, 4.69) is 11.2 Å². The second kappa shape index (κ2) is 9.22. The first-order chi connectivity index (χ1) is 11.3. The number of aliphatic hydroxyl groups excluding tert-OH is 1. The topological polar surface area (TPSA) is 52.6 Å². The molecule has 23 heavy (non-hydrogen) atoms. The third-order valence-corrected chi connectivity index (χ3v) is 4.44. The molecular formula is C19H26N2O2. The predicted octanol–water partition coefficient (Wildman–Crippen LogP) is 3.09. The number of hydrogen-bond acceptors (Lipinski definition) is 2. The lowest BCUT2D eigenvalue weighted by molar-refractivity contribution is 0.178. The number of hydrogen-bond donors (Lipinski definition) is 2. The lowest BCUT2D eigenvalue weighted by Gasteiger charge is -2.30. The number of urea groups is 1. The second-order valence-corrected chi connectivity index (χ2v) is 6.05. The third-order valence-electron chi connectivity index (χ3n) is 4.44. The summed E-state index contributed by atoms with van der Waals surface area (Å²) >= 11 is 0. The van der Waals surface area contributed by atoms with Crippen molar-refractivity contribution in [3.05, 3.63) is 35.9 Å². The van der Waals surface area contributed by atoms with Crippen LogP contribution < -0.4 is 5.32 Å². The van der Waals surface area contributed by atoms with Gasteiger partial charge in [-0.05, 0) is 31.2 Å². The highest BCUT2D eigenvalue weighted by Gasteiger charge is 2.27. The Balaban J connectivity index is 2.07. The zero-order chi connectivity index (χ0) is 16.5. The largest absolute Gasteiger partial charge is 0.396 e. The first kappa shape index (κ1) is 17.4. The quantitative estimate of drug-likeness (QED) is 0.760. The van der Waals surface area contributed by atoms with E-state index in [-0.39, 0.29) is 24.7 Å². The lowest BCUT2D eigenvalue weighted by Crippen LogP contribution is -2.46. The minimum absolute atomic E-state index is 0.0957. The fourth-order valence-electron chi connectivity index (χ4n) is 3.22. The van der Waals surface area contributed by atoms with Crippen molar-refractivity contribution in [1.29, 1.82) is 0 Å². The Kier molecular flexibility index (Phi) is 6.96. The summed E-state index contributed by atoms with van der Waals surface area (Å²) in [7, 11) is 0. The van der Waals surface area contributed by atoms with Gasteiger partial charge in [0.1, 0.15) is 0 Å². The van der Waals surface area contributed by atoms with Gasteiger partial charge in [-0.15, -0.1) is 6.42 Å². The van der Waals surface area contributed by atoms with E-state index in [1.165, 1.54) is 0 Å². The van der Waals surface area contributed by atoms with Crippen molar-refractivity contribution in [2.75, 3.05) is 13.2 Å². The minimum Gasteiger partial charge on any atom is -0.396 e. The summed E-state index contributed by atoms with van der Waals surface area (Å²) in [5, 5.41) is 12.2. The molecule has 0 saturated heterocycles. The van der Waals surface area contributed by atoms with E-state index in [0.29, 0.717) is 19.4 Å². The van der Waals surface area contributed by atoms with Gasteiger partial charge >= 0.3 is 6.03 Å². The van der Waals surface area contributed by atoms with Crippen molar-refractivity contribution in [2.45, 2.75) is 50.6 Å². The Bertz CT molecular complexity index is 518. The molecule has 2 amide bonds. The number of nitrogens with zero attached hydrogens (tertiary/aromatic N) is 1. The monoisotopic (exact) mass is 314 g/mol. The zero-order valence-electron chi connectivity index (χ0n) is 13.6. The van der Waals surface area contributed by atoms with E-state index < -0.39 is 0 Å². The Labute approximate surface area is 138 Å². The maximum atomic E-state index is 12.7. The number of terminal acetylenes is 1. The van der Waals surface area contributed by atoms with Crippen LogP contribution in [0.4, 0.5) is 4.79 Å². The molecule has 0 aromatic heterocycles. The van der Waals surface area contributed by atoms with Crippen LogP contribution in [0.3, 0.4) is 0 Å². The molecule has 0 bridgehead atoms. The molecule has 1 atom stereocenters. The summed E-state index contributed by atoms with van der Waals surface area (Å²) in [4.78, 5) is 14.5. The van der Waals surface area contributed by atoms with Crippen molar-refractivity contribution in [1.82, 2.24) is 10.2 Å². The Morgan fingerprint density at radius 1 is 1.35 bits per heavy atom. The van der Waals surface area contributed by atoms with Gasteiger partial charge in [-0.25, -0.2) is 4.79 Å². The predicted molar refractivity (Wildman–Crippen MR) is 91.8 cm³/mol. The van der Waals surface area contributed by atoms with Crippen molar-refractivity contribution in [2.24, 2.45) is 0 Å². The Hall–Kier alpha value is -1.99. The molecule has 124 valence electrons. The van der Waals surface area contributed by atoms with E-state index >= 15 is 0 Å². The fraction of sp³-hybridized carbons (Fsp3) is 0.526. The van der Waals surface area contributed by atoms with Crippen LogP contribution in [0.15, 0.2) is 30.3 Å². The van der Waals surface area contributed by atoms with Crippen LogP contribution >= 0.6 is 0 Å². The first-order valence-electron chi connectivity index (χ1n) is 8.42. The van der Waals surface area contributed by atoms with Crippen LogP contribution in [0.5, 0.6) is 0 Å². The fourth-order valence-corrected chi connectivity index (χ4v) is 3.22. The SMILES string of the molecule is C#CCN(C(=O)NC(CCCO)c1ccccc1)C1CCCC1. The third kappa shape index (κ3) is 5.01. The summed E-state index contributed by atoms with van der Waals surface area (Å²) in [6, 6.07) is 9.94. The van der Waals surface area contributed by atoms with E-state index in [0.717, 1.165) is 31.2 Å². The molecule has 0 heterocycles. The van der Waals surface area contributed by atoms with Crippen LogP contribution in [0, 0.1) is 12.3 Å². The van der Waals surface area contributed by atoms with Crippen LogP contribution in [0.1, 0.15) is 50.1 Å². The van der Waals surface area contributed by atoms with Gasteiger partial charge in [0.15, 0.2) is 0 Å². The van der Waals surface area contributed by atoms with Crippen LogP contribution in [-0.4, -0.2) is 35.2 Å². The normalized spacial score (nSPS) is 15.8. The molecular weight excluding hydrogens is 288 g/mol. The van der Waals surface area contributed by atoms with E-state index in [4.69, 9.17) is 11.5 Å². The van der Waals surface area contributed by atoms with Gasteiger partial charge < -0.3 is 15.3 Å². The lowest BCUT2D eigenvalue weighted by atomic mass is 10.0. The van der Waals surface area contributed by atoms with Crippen molar-refractivity contribution < 1.29 is 9.90 Å². The number of nitrogens with one attached hydrogen (secondary N) is 1. The van der Waals surface area contributed by atoms with Gasteiger partial charge in [-0.2, -0.15) is 0 Å². The second-order valence-electron chi connectivity index (χ2n) is 6.05. The summed E-state index contributed by atoms with van der Waals surface area (Å²) in [5.74, 6) is 2.61. The van der Waals surface area contributed by atoms with E-state index in [9.17, 15) is 4.79 Å². The number of carbonyl (C=O) groups is 1. The van der Waals surface area contributed by atoms with Crippen LogP contribution in [0.25, 0.3) is 0 Å². The molecule has 1 aromatic carbocycles. The van der Waals surface area contributed by atoms with Crippen molar-refractivity contribution in [3.63, 3.8) is 0 Å². The molecule has 1 aromatic rings. The molecule has 1 fully saturated rings. The summed E-state index contributed by atoms with van der Waals surface area (Å²) in [5.41, 5.74) is 1.06. The highest BCUT2D eigenvalue weighted by atomic mass is 16.3. The molecule has 0 spiro atoms. The van der Waals surface area contributed by atoms with Crippen molar-refractivity contribution in [3.8, 4) is 12.3 Å². The van der Waals surface area contributed by atoms with Gasteiger partial charge in [0.25, 0.3) is 0 Å². The van der Waals surface area contributed by atoms with Gasteiger partial charge in [-0.1, -0.05) is 49.1 Å². The Morgan fingerprint density at radius 2 is 2.04 bits per heavy atom. The molecule has 1 aliphatic rings. The van der Waals surface area contributed by atoms with E-state index in [1.54, 1.807) is 4.90 Å². The maximum absolute atomic E-state index is 12.7. The van der Waals surface area contributed by atoms with Gasteiger partial charge in [0.2, 0.25) is 0 Å². The highest BCUT2D eigenvalue weighted by Crippen LogP contribution is 2.24. The van der Waals surface area contributed by atoms with Gasteiger partial charge in [-0.3, -0.25) is 0 Å². The standard InChI is InChI=1S/C19H26N2O2/c1-2-14-21(17-11-6-7-12-17)19(23)20-18(13-8-15-22)16-9-4-3-5-10-16/h1,3-5,9-10,17-18,22H,6-8,11-15H2,(H,20,23). The van der Waals surface area contributed by atoms with Gasteiger partial charge in [0.05, 0.1) is 12.6 Å². The average molecular weight is 314 g/mol. The van der Waals surface area contributed by atoms with Crippen molar-refractivity contribution >= 4 is 6.03 Å². The molecule has 4 nitrogen and oxygen atoms in total. The summed E-state index contributed by atoms with van der Waals surface area (Å²) < 4.78 is 0. The molecule has 2 N–H and O–H groups in total. The summed E-state index contributed by atoms with van der Waals surface area (Å²) in [6.45, 7) is 0.466. The van der Waals surface area contributed by atoms with Gasteiger partial charge in [0, 0.05) is 12.6 Å². The first-order valence-corrected chi connectivity index (χ1v) is 8.42. The number of benzene rings is 1. The number of aliphatic hydroxyl groups is 1. The molecule has 1 aliphatic carbocycles. The van der Waals surface area contributed by atoms with Crippen LogP contribution in [-0.2, 0) is 0 Å². The summed E-state index contributed by atoms with van der Waals surface area (Å²) in [6.07, 6.45) is 11.2. The highest BCUT2D eigenvalue weighted by molar-refractivity contribution is 5.75. The number of rotatable bonds is 7. The smallest absolute Gasteiger partial charge is 0.318 e. The van der Waals surface area contributed by atoms with E-state index in [1.807, 2.05) is 30.3 Å². The average Bonchev–Trinajstić information content (AvgIpc) is 3.11. The number of carbonyl (C=O) groups excluding carboxylic acids is 1. The molecule has 0 aliphatic heterocycles. The molecule has 1 saturated carbocycles. The Morgan fingerprint density at radius 3 is 2.65 bits per heavy atom. The maximum Gasteiger partial charge on any atom is 0.318 e.